The van der Waals surface area contributed by atoms with Crippen molar-refractivity contribution in [3.63, 3.8) is 0 Å². The Morgan fingerprint density at radius 1 is 1.17 bits per heavy atom. The molecule has 1 atom stereocenters. The molecule has 0 bridgehead atoms. The Labute approximate surface area is 139 Å². The minimum Gasteiger partial charge on any atom is -0.492 e. The molecule has 0 spiro atoms. The molecule has 2 heterocycles. The standard InChI is InChI=1S/C18H16N4O2/c23-18(15-11-24-16-9-5-4-8-14(15)16)19-10-17-21-20-12-22(17)13-6-2-1-3-7-13/h1-9,12,15H,10-11H2,(H,19,23)/t15-/m1/s1. The molecule has 1 aliphatic rings. The molecule has 2 aromatic carbocycles. The zero-order valence-corrected chi connectivity index (χ0v) is 12.9. The molecule has 0 aliphatic carbocycles. The summed E-state index contributed by atoms with van der Waals surface area (Å²) in [6, 6.07) is 17.4. The van der Waals surface area contributed by atoms with Crippen LogP contribution in [-0.4, -0.2) is 27.3 Å². The zero-order valence-electron chi connectivity index (χ0n) is 12.9. The highest BCUT2D eigenvalue weighted by molar-refractivity contribution is 5.85. The highest BCUT2D eigenvalue weighted by Gasteiger charge is 2.29. The Balaban J connectivity index is 1.47. The van der Waals surface area contributed by atoms with Crippen molar-refractivity contribution >= 4 is 5.91 Å². The third-order valence-corrected chi connectivity index (χ3v) is 4.09. The lowest BCUT2D eigenvalue weighted by Crippen LogP contribution is -2.30. The lowest BCUT2D eigenvalue weighted by Gasteiger charge is -2.11. The number of nitrogens with zero attached hydrogens (tertiary/aromatic N) is 3. The number of carbonyl (C=O) groups is 1. The summed E-state index contributed by atoms with van der Waals surface area (Å²) in [6.07, 6.45) is 1.64. The van der Waals surface area contributed by atoms with Crippen molar-refractivity contribution in [3.05, 3.63) is 72.3 Å². The van der Waals surface area contributed by atoms with Crippen molar-refractivity contribution in [2.75, 3.05) is 6.61 Å². The number of benzene rings is 2. The maximum Gasteiger partial charge on any atom is 0.231 e. The number of rotatable bonds is 4. The van der Waals surface area contributed by atoms with Gasteiger partial charge in [0.1, 0.15) is 24.6 Å². The molecule has 4 rings (SSSR count). The molecule has 6 nitrogen and oxygen atoms in total. The number of hydrogen-bond donors (Lipinski definition) is 1. The number of fused-ring (bicyclic) bond motifs is 1. The topological polar surface area (TPSA) is 69.0 Å². The first kappa shape index (κ1) is 14.4. The van der Waals surface area contributed by atoms with Crippen LogP contribution >= 0.6 is 0 Å². The van der Waals surface area contributed by atoms with Crippen LogP contribution in [0.5, 0.6) is 5.75 Å². The maximum atomic E-state index is 12.5. The average molecular weight is 320 g/mol. The molecular formula is C18H16N4O2. The van der Waals surface area contributed by atoms with Gasteiger partial charge in [0, 0.05) is 11.3 Å². The molecule has 1 N–H and O–H groups in total. The van der Waals surface area contributed by atoms with Gasteiger partial charge in [-0.3, -0.25) is 9.36 Å². The van der Waals surface area contributed by atoms with Crippen molar-refractivity contribution in [1.29, 1.82) is 0 Å². The zero-order chi connectivity index (χ0) is 16.4. The van der Waals surface area contributed by atoms with E-state index in [1.165, 1.54) is 0 Å². The minimum absolute atomic E-state index is 0.0671. The smallest absolute Gasteiger partial charge is 0.231 e. The van der Waals surface area contributed by atoms with Gasteiger partial charge in [-0.1, -0.05) is 36.4 Å². The van der Waals surface area contributed by atoms with Crippen molar-refractivity contribution in [2.45, 2.75) is 12.5 Å². The molecule has 24 heavy (non-hydrogen) atoms. The lowest BCUT2D eigenvalue weighted by atomic mass is 10.0. The molecule has 0 fully saturated rings. The summed E-state index contributed by atoms with van der Waals surface area (Å²) in [5.74, 6) is 1.11. The van der Waals surface area contributed by atoms with Crippen molar-refractivity contribution in [3.8, 4) is 11.4 Å². The third kappa shape index (κ3) is 2.62. The van der Waals surface area contributed by atoms with E-state index in [9.17, 15) is 4.79 Å². The van der Waals surface area contributed by atoms with Gasteiger partial charge in [0.15, 0.2) is 5.82 Å². The fourth-order valence-electron chi connectivity index (χ4n) is 2.85. The van der Waals surface area contributed by atoms with Crippen LogP contribution in [0.4, 0.5) is 0 Å². The van der Waals surface area contributed by atoms with Gasteiger partial charge >= 0.3 is 0 Å². The molecule has 0 unspecified atom stereocenters. The molecule has 3 aromatic rings. The molecule has 1 aliphatic heterocycles. The normalized spacial score (nSPS) is 15.6. The van der Waals surface area contributed by atoms with Crippen LogP contribution in [0.1, 0.15) is 17.3 Å². The molecule has 6 heteroatoms. The Bertz CT molecular complexity index is 860. The van der Waals surface area contributed by atoms with E-state index in [4.69, 9.17) is 4.74 Å². The third-order valence-electron chi connectivity index (χ3n) is 4.09. The van der Waals surface area contributed by atoms with E-state index in [-0.39, 0.29) is 11.8 Å². The lowest BCUT2D eigenvalue weighted by molar-refractivity contribution is -0.122. The number of hydrogen-bond acceptors (Lipinski definition) is 4. The molecular weight excluding hydrogens is 304 g/mol. The van der Waals surface area contributed by atoms with E-state index in [0.717, 1.165) is 17.0 Å². The Morgan fingerprint density at radius 2 is 1.96 bits per heavy atom. The Morgan fingerprint density at radius 3 is 2.83 bits per heavy atom. The number of ether oxygens (including phenoxy) is 1. The van der Waals surface area contributed by atoms with Crippen LogP contribution in [0.25, 0.3) is 5.69 Å². The van der Waals surface area contributed by atoms with Gasteiger partial charge in [0.05, 0.1) is 6.54 Å². The van der Waals surface area contributed by atoms with E-state index in [0.29, 0.717) is 19.0 Å². The van der Waals surface area contributed by atoms with Crippen LogP contribution in [0.15, 0.2) is 60.9 Å². The summed E-state index contributed by atoms with van der Waals surface area (Å²) >= 11 is 0. The summed E-state index contributed by atoms with van der Waals surface area (Å²) in [6.45, 7) is 0.683. The van der Waals surface area contributed by atoms with Crippen LogP contribution in [0.3, 0.4) is 0 Å². The van der Waals surface area contributed by atoms with Gasteiger partial charge in [-0.2, -0.15) is 0 Å². The molecule has 120 valence electrons. The number of aromatic nitrogens is 3. The minimum atomic E-state index is -0.283. The predicted molar refractivity (Wildman–Crippen MR) is 87.9 cm³/mol. The highest BCUT2D eigenvalue weighted by Crippen LogP contribution is 2.33. The van der Waals surface area contributed by atoms with Gasteiger partial charge in [-0.15, -0.1) is 10.2 Å². The van der Waals surface area contributed by atoms with Gasteiger partial charge < -0.3 is 10.1 Å². The average Bonchev–Trinajstić information content (AvgIpc) is 3.27. The fraction of sp³-hybridized carbons (Fsp3) is 0.167. The number of amides is 1. The summed E-state index contributed by atoms with van der Waals surface area (Å²) in [5.41, 5.74) is 1.89. The first-order chi connectivity index (χ1) is 11.8. The Hall–Kier alpha value is -3.15. The highest BCUT2D eigenvalue weighted by atomic mass is 16.5. The predicted octanol–water partition coefficient (Wildman–Crippen LogP) is 2.06. The van der Waals surface area contributed by atoms with Crippen molar-refractivity contribution < 1.29 is 9.53 Å². The molecule has 0 saturated carbocycles. The first-order valence-corrected chi connectivity index (χ1v) is 7.76. The number of para-hydroxylation sites is 2. The summed E-state index contributed by atoms with van der Waals surface area (Å²) in [7, 11) is 0. The molecule has 0 saturated heterocycles. The van der Waals surface area contributed by atoms with Gasteiger partial charge in [-0.05, 0) is 18.2 Å². The summed E-state index contributed by atoms with van der Waals surface area (Å²) < 4.78 is 7.43. The van der Waals surface area contributed by atoms with Gasteiger partial charge in [0.25, 0.3) is 0 Å². The number of nitrogens with one attached hydrogen (secondary N) is 1. The van der Waals surface area contributed by atoms with Gasteiger partial charge in [0.2, 0.25) is 5.91 Å². The van der Waals surface area contributed by atoms with Gasteiger partial charge in [-0.25, -0.2) is 0 Å². The van der Waals surface area contributed by atoms with Crippen LogP contribution in [0.2, 0.25) is 0 Å². The van der Waals surface area contributed by atoms with E-state index in [1.807, 2.05) is 59.2 Å². The molecule has 1 aromatic heterocycles. The fourth-order valence-corrected chi connectivity index (χ4v) is 2.85. The van der Waals surface area contributed by atoms with Crippen LogP contribution < -0.4 is 10.1 Å². The quantitative estimate of drug-likeness (QED) is 0.799. The van der Waals surface area contributed by atoms with Crippen molar-refractivity contribution in [1.82, 2.24) is 20.1 Å². The number of carbonyl (C=O) groups excluding carboxylic acids is 1. The van der Waals surface area contributed by atoms with E-state index < -0.39 is 0 Å². The maximum absolute atomic E-state index is 12.5. The van der Waals surface area contributed by atoms with Crippen LogP contribution in [0, 0.1) is 0 Å². The van der Waals surface area contributed by atoms with Crippen LogP contribution in [-0.2, 0) is 11.3 Å². The largest absolute Gasteiger partial charge is 0.492 e. The first-order valence-electron chi connectivity index (χ1n) is 7.76. The second-order valence-corrected chi connectivity index (χ2v) is 5.57. The Kier molecular flexibility index (Phi) is 3.70. The van der Waals surface area contributed by atoms with E-state index in [2.05, 4.69) is 15.5 Å². The molecule has 1 amide bonds. The second-order valence-electron chi connectivity index (χ2n) is 5.57. The monoisotopic (exact) mass is 320 g/mol. The summed E-state index contributed by atoms with van der Waals surface area (Å²) in [4.78, 5) is 12.5. The SMILES string of the molecule is O=C(NCc1nncn1-c1ccccc1)[C@@H]1COc2ccccc21. The van der Waals surface area contributed by atoms with E-state index >= 15 is 0 Å². The summed E-state index contributed by atoms with van der Waals surface area (Å²) in [5, 5.41) is 11.0. The van der Waals surface area contributed by atoms with Crippen molar-refractivity contribution in [2.24, 2.45) is 0 Å². The second kappa shape index (κ2) is 6.16. The van der Waals surface area contributed by atoms with E-state index in [1.54, 1.807) is 6.33 Å². The molecule has 0 radical (unpaired) electrons.